The van der Waals surface area contributed by atoms with Gasteiger partial charge in [-0.05, 0) is 30.7 Å². The molecular formula is C16H13Cl4N3O3S. The maximum absolute atomic E-state index is 13.2. The maximum Gasteiger partial charge on any atom is 0.262 e. The Kier molecular flexibility index (Phi) is 5.31. The number of carbonyl (C=O) groups excluding carboxylic acids is 1. The van der Waals surface area contributed by atoms with Crippen LogP contribution in [0.5, 0.6) is 0 Å². The van der Waals surface area contributed by atoms with Crippen molar-refractivity contribution < 1.29 is 13.2 Å². The van der Waals surface area contributed by atoms with E-state index in [1.165, 1.54) is 11.0 Å². The van der Waals surface area contributed by atoms with Gasteiger partial charge in [-0.1, -0.05) is 64.6 Å². The van der Waals surface area contributed by atoms with Gasteiger partial charge in [0.2, 0.25) is 13.8 Å². The Hall–Kier alpha value is -1.22. The molecular weight excluding hydrogens is 456 g/mol. The zero-order valence-electron chi connectivity index (χ0n) is 13.7. The van der Waals surface area contributed by atoms with Gasteiger partial charge in [-0.2, -0.15) is 0 Å². The fourth-order valence-corrected chi connectivity index (χ4v) is 4.39. The summed E-state index contributed by atoms with van der Waals surface area (Å²) in [5.41, 5.74) is 1.54. The molecule has 3 N–H and O–H groups in total. The van der Waals surface area contributed by atoms with Crippen molar-refractivity contribution in [3.63, 3.8) is 0 Å². The summed E-state index contributed by atoms with van der Waals surface area (Å²) in [6.07, 6.45) is -1.06. The zero-order valence-corrected chi connectivity index (χ0v) is 17.6. The van der Waals surface area contributed by atoms with E-state index < -0.39 is 25.9 Å². The fourth-order valence-electron chi connectivity index (χ4n) is 2.84. The monoisotopic (exact) mass is 467 g/mol. The molecule has 0 aliphatic carbocycles. The molecule has 1 heterocycles. The Morgan fingerprint density at radius 2 is 1.81 bits per heavy atom. The van der Waals surface area contributed by atoms with Gasteiger partial charge < -0.3 is 5.32 Å². The van der Waals surface area contributed by atoms with Crippen molar-refractivity contribution in [1.29, 1.82) is 0 Å². The predicted octanol–water partition coefficient (Wildman–Crippen LogP) is 4.06. The number of hydrogen-bond acceptors (Lipinski definition) is 4. The molecule has 27 heavy (non-hydrogen) atoms. The topological polar surface area (TPSA) is 92.5 Å². The average Bonchev–Trinajstić information content (AvgIpc) is 2.53. The zero-order chi connectivity index (χ0) is 20.1. The average molecular weight is 469 g/mol. The number of para-hydroxylation sites is 1. The third kappa shape index (κ3) is 3.85. The van der Waals surface area contributed by atoms with E-state index in [1.807, 2.05) is 0 Å². The third-order valence-electron chi connectivity index (χ3n) is 4.06. The van der Waals surface area contributed by atoms with E-state index in [9.17, 15) is 13.2 Å². The van der Waals surface area contributed by atoms with Gasteiger partial charge in [0.25, 0.3) is 5.91 Å². The number of nitrogens with zero attached hydrogens (tertiary/aromatic N) is 1. The summed E-state index contributed by atoms with van der Waals surface area (Å²) < 4.78 is 21.6. The largest absolute Gasteiger partial charge is 0.361 e. The number of halogens is 4. The van der Waals surface area contributed by atoms with E-state index in [0.717, 1.165) is 11.6 Å². The van der Waals surface area contributed by atoms with Crippen molar-refractivity contribution in [3.8, 4) is 0 Å². The van der Waals surface area contributed by atoms with Crippen LogP contribution in [0, 0.1) is 6.92 Å². The van der Waals surface area contributed by atoms with E-state index in [2.05, 4.69) is 5.32 Å². The quantitative estimate of drug-likeness (QED) is 0.649. The summed E-state index contributed by atoms with van der Waals surface area (Å²) in [7, 11) is -4.13. The number of primary sulfonamides is 1. The maximum atomic E-state index is 13.2. The molecule has 1 atom stereocenters. The first kappa shape index (κ1) is 20.5. The second-order valence-corrected chi connectivity index (χ2v) is 10.2. The van der Waals surface area contributed by atoms with Gasteiger partial charge in [-0.15, -0.1) is 0 Å². The van der Waals surface area contributed by atoms with E-state index in [-0.39, 0.29) is 21.2 Å². The summed E-state index contributed by atoms with van der Waals surface area (Å²) in [5, 5.41) is 7.98. The SMILES string of the molecule is Cc1ccccc1N1C(=O)c2cc(S(N)(=O)=O)c(Cl)cc2NC1C(Cl)(Cl)Cl. The molecule has 6 nitrogen and oxygen atoms in total. The van der Waals surface area contributed by atoms with Gasteiger partial charge >= 0.3 is 0 Å². The van der Waals surface area contributed by atoms with Crippen molar-refractivity contribution in [3.05, 3.63) is 52.5 Å². The molecule has 0 fully saturated rings. The normalized spacial score (nSPS) is 17.5. The molecule has 1 aliphatic heterocycles. The number of alkyl halides is 3. The first-order chi connectivity index (χ1) is 12.4. The molecule has 1 unspecified atom stereocenters. The highest BCUT2D eigenvalue weighted by molar-refractivity contribution is 7.89. The predicted molar refractivity (Wildman–Crippen MR) is 109 cm³/mol. The molecule has 0 saturated carbocycles. The Morgan fingerprint density at radius 1 is 1.19 bits per heavy atom. The number of amides is 1. The van der Waals surface area contributed by atoms with Crippen LogP contribution < -0.4 is 15.4 Å². The molecule has 1 aliphatic rings. The molecule has 11 heteroatoms. The van der Waals surface area contributed by atoms with Crippen LogP contribution in [-0.4, -0.2) is 24.3 Å². The lowest BCUT2D eigenvalue weighted by Gasteiger charge is -2.41. The van der Waals surface area contributed by atoms with Crippen molar-refractivity contribution in [1.82, 2.24) is 0 Å². The molecule has 0 radical (unpaired) electrons. The van der Waals surface area contributed by atoms with Crippen molar-refractivity contribution in [2.75, 3.05) is 10.2 Å². The number of rotatable bonds is 2. The molecule has 0 aromatic heterocycles. The van der Waals surface area contributed by atoms with Crippen molar-refractivity contribution in [2.24, 2.45) is 5.14 Å². The van der Waals surface area contributed by atoms with Crippen LogP contribution in [0.15, 0.2) is 41.3 Å². The number of sulfonamides is 1. The van der Waals surface area contributed by atoms with Gasteiger partial charge in [0.05, 0.1) is 16.3 Å². The Balaban J connectivity index is 2.25. The van der Waals surface area contributed by atoms with E-state index in [0.29, 0.717) is 5.69 Å². The highest BCUT2D eigenvalue weighted by Crippen LogP contribution is 2.42. The number of nitrogens with two attached hydrogens (primary N) is 1. The smallest absolute Gasteiger partial charge is 0.262 e. The second kappa shape index (κ2) is 6.99. The number of anilines is 2. The first-order valence-electron chi connectivity index (χ1n) is 7.50. The van der Waals surface area contributed by atoms with Gasteiger partial charge in [-0.3, -0.25) is 9.69 Å². The summed E-state index contributed by atoms with van der Waals surface area (Å²) in [5.74, 6) is -0.559. The minimum Gasteiger partial charge on any atom is -0.361 e. The molecule has 144 valence electrons. The number of aryl methyl sites for hydroxylation is 1. The first-order valence-corrected chi connectivity index (χ1v) is 10.6. The minimum atomic E-state index is -4.13. The summed E-state index contributed by atoms with van der Waals surface area (Å²) in [6.45, 7) is 1.80. The summed E-state index contributed by atoms with van der Waals surface area (Å²) >= 11 is 24.3. The lowest BCUT2D eigenvalue weighted by Crippen LogP contribution is -2.55. The molecule has 1 amide bonds. The number of carbonyl (C=O) groups is 1. The summed E-state index contributed by atoms with van der Waals surface area (Å²) in [6, 6.07) is 9.41. The molecule has 0 saturated heterocycles. The van der Waals surface area contributed by atoms with Crippen LogP contribution in [0.3, 0.4) is 0 Å². The molecule has 0 bridgehead atoms. The van der Waals surface area contributed by atoms with Crippen LogP contribution in [0.2, 0.25) is 5.02 Å². The lowest BCUT2D eigenvalue weighted by molar-refractivity contribution is 0.0975. The molecule has 2 aromatic rings. The van der Waals surface area contributed by atoms with Gasteiger partial charge in [0.1, 0.15) is 4.90 Å². The highest BCUT2D eigenvalue weighted by atomic mass is 35.6. The van der Waals surface area contributed by atoms with Gasteiger partial charge in [0, 0.05) is 5.69 Å². The fraction of sp³-hybridized carbons (Fsp3) is 0.188. The Labute approximate surface area is 176 Å². The Morgan fingerprint density at radius 3 is 2.37 bits per heavy atom. The minimum absolute atomic E-state index is 0.0391. The van der Waals surface area contributed by atoms with Crippen LogP contribution >= 0.6 is 46.4 Å². The van der Waals surface area contributed by atoms with E-state index >= 15 is 0 Å². The van der Waals surface area contributed by atoms with Crippen LogP contribution in [-0.2, 0) is 10.0 Å². The lowest BCUT2D eigenvalue weighted by atomic mass is 10.0. The summed E-state index contributed by atoms with van der Waals surface area (Å²) in [4.78, 5) is 14.2. The van der Waals surface area contributed by atoms with Crippen molar-refractivity contribution >= 4 is 73.7 Å². The standard InChI is InChI=1S/C16H13Cl4N3O3S/c1-8-4-2-3-5-12(8)23-14(24)9-6-13(27(21,25)26)10(17)7-11(9)22-15(23)16(18,19)20/h2-7,15,22H,1H3,(H2,21,25,26). The van der Waals surface area contributed by atoms with E-state index in [1.54, 1.807) is 31.2 Å². The van der Waals surface area contributed by atoms with Crippen LogP contribution in [0.1, 0.15) is 15.9 Å². The molecule has 0 spiro atoms. The highest BCUT2D eigenvalue weighted by Gasteiger charge is 2.45. The third-order valence-corrected chi connectivity index (χ3v) is 6.06. The van der Waals surface area contributed by atoms with Crippen LogP contribution in [0.4, 0.5) is 11.4 Å². The number of benzene rings is 2. The van der Waals surface area contributed by atoms with E-state index in [4.69, 9.17) is 51.5 Å². The Bertz CT molecular complexity index is 1040. The number of fused-ring (bicyclic) bond motifs is 1. The van der Waals surface area contributed by atoms with Gasteiger partial charge in [-0.25, -0.2) is 13.6 Å². The second-order valence-electron chi connectivity index (χ2n) is 5.92. The number of hydrogen-bond donors (Lipinski definition) is 2. The van der Waals surface area contributed by atoms with Crippen molar-refractivity contribution in [2.45, 2.75) is 21.8 Å². The number of nitrogens with one attached hydrogen (secondary N) is 1. The van der Waals surface area contributed by atoms with Crippen LogP contribution in [0.25, 0.3) is 0 Å². The molecule has 3 rings (SSSR count). The molecule has 2 aromatic carbocycles. The van der Waals surface area contributed by atoms with Gasteiger partial charge in [0.15, 0.2) is 6.17 Å².